The summed E-state index contributed by atoms with van der Waals surface area (Å²) >= 11 is 0. The molecule has 1 unspecified atom stereocenters. The van der Waals surface area contributed by atoms with E-state index < -0.39 is 0 Å². The van der Waals surface area contributed by atoms with Crippen molar-refractivity contribution in [3.8, 4) is 0 Å². The Kier molecular flexibility index (Phi) is 3.37. The average Bonchev–Trinajstić information content (AvgIpc) is 2.60. The van der Waals surface area contributed by atoms with Crippen molar-refractivity contribution in [2.75, 3.05) is 26.4 Å². The third-order valence-corrected chi connectivity index (χ3v) is 2.73. The van der Waals surface area contributed by atoms with Crippen LogP contribution in [0.4, 0.5) is 0 Å². The molecule has 2 saturated heterocycles. The maximum absolute atomic E-state index is 11.4. The largest absolute Gasteiger partial charge is 0.381 e. The Balaban J connectivity index is 1.57. The van der Waals surface area contributed by atoms with Gasteiger partial charge in [0.25, 0.3) is 0 Å². The first-order valence-electron chi connectivity index (χ1n) is 5.30. The van der Waals surface area contributed by atoms with Crippen LogP contribution >= 0.6 is 0 Å². The highest BCUT2D eigenvalue weighted by molar-refractivity contribution is 5.76. The number of nitrogens with one attached hydrogen (secondary N) is 1. The predicted octanol–water partition coefficient (Wildman–Crippen LogP) is 0.318. The van der Waals surface area contributed by atoms with Crippen LogP contribution in [0.1, 0.15) is 19.3 Å². The van der Waals surface area contributed by atoms with E-state index in [1.807, 2.05) is 0 Å². The van der Waals surface area contributed by atoms with E-state index in [1.54, 1.807) is 0 Å². The predicted molar refractivity (Wildman–Crippen MR) is 50.9 cm³/mol. The van der Waals surface area contributed by atoms with Gasteiger partial charge in [0.2, 0.25) is 5.91 Å². The molecule has 0 aromatic rings. The molecule has 4 heteroatoms. The summed E-state index contributed by atoms with van der Waals surface area (Å²) in [6.45, 7) is 3.00. The maximum Gasteiger partial charge on any atom is 0.220 e. The number of ether oxygens (including phenoxy) is 2. The van der Waals surface area contributed by atoms with E-state index in [1.165, 1.54) is 0 Å². The maximum atomic E-state index is 11.4. The lowest BCUT2D eigenvalue weighted by atomic mass is 10.0. The Morgan fingerprint density at radius 3 is 2.86 bits per heavy atom. The zero-order valence-electron chi connectivity index (χ0n) is 8.33. The van der Waals surface area contributed by atoms with Crippen LogP contribution in [0.2, 0.25) is 0 Å². The van der Waals surface area contributed by atoms with Crippen molar-refractivity contribution < 1.29 is 14.3 Å². The average molecular weight is 199 g/mol. The fourth-order valence-corrected chi connectivity index (χ4v) is 1.77. The van der Waals surface area contributed by atoms with Crippen LogP contribution in [0, 0.1) is 5.92 Å². The van der Waals surface area contributed by atoms with Crippen molar-refractivity contribution in [2.24, 2.45) is 5.92 Å². The summed E-state index contributed by atoms with van der Waals surface area (Å²) in [5.41, 5.74) is 0. The highest BCUT2D eigenvalue weighted by atomic mass is 16.5. The molecule has 4 nitrogen and oxygen atoms in total. The third-order valence-electron chi connectivity index (χ3n) is 2.73. The molecule has 0 aliphatic carbocycles. The van der Waals surface area contributed by atoms with Crippen LogP contribution < -0.4 is 5.32 Å². The van der Waals surface area contributed by atoms with Gasteiger partial charge in [-0.25, -0.2) is 0 Å². The summed E-state index contributed by atoms with van der Waals surface area (Å²) < 4.78 is 10.4. The van der Waals surface area contributed by atoms with Gasteiger partial charge >= 0.3 is 0 Å². The minimum atomic E-state index is 0.133. The van der Waals surface area contributed by atoms with Gasteiger partial charge in [-0.15, -0.1) is 0 Å². The quantitative estimate of drug-likeness (QED) is 0.709. The van der Waals surface area contributed by atoms with Crippen molar-refractivity contribution in [2.45, 2.75) is 25.4 Å². The van der Waals surface area contributed by atoms with E-state index in [9.17, 15) is 4.79 Å². The van der Waals surface area contributed by atoms with E-state index in [0.29, 0.717) is 18.9 Å². The van der Waals surface area contributed by atoms with Crippen LogP contribution in [0.15, 0.2) is 0 Å². The molecular formula is C10H17NO3. The van der Waals surface area contributed by atoms with Crippen molar-refractivity contribution in [3.63, 3.8) is 0 Å². The first kappa shape index (κ1) is 9.93. The van der Waals surface area contributed by atoms with Gasteiger partial charge in [0.05, 0.1) is 19.3 Å². The Morgan fingerprint density at radius 2 is 2.29 bits per heavy atom. The molecular weight excluding hydrogens is 182 g/mol. The number of hydrogen-bond acceptors (Lipinski definition) is 3. The smallest absolute Gasteiger partial charge is 0.220 e. The lowest BCUT2D eigenvalue weighted by Crippen LogP contribution is -2.37. The van der Waals surface area contributed by atoms with Gasteiger partial charge in [0.1, 0.15) is 0 Å². The summed E-state index contributed by atoms with van der Waals surface area (Å²) in [5.74, 6) is 0.577. The second kappa shape index (κ2) is 4.75. The minimum Gasteiger partial charge on any atom is -0.381 e. The highest BCUT2D eigenvalue weighted by Crippen LogP contribution is 2.14. The van der Waals surface area contributed by atoms with E-state index in [-0.39, 0.29) is 12.0 Å². The van der Waals surface area contributed by atoms with Crippen molar-refractivity contribution in [1.82, 2.24) is 5.32 Å². The topological polar surface area (TPSA) is 47.6 Å². The molecule has 0 radical (unpaired) electrons. The number of amides is 1. The van der Waals surface area contributed by atoms with Crippen LogP contribution in [-0.2, 0) is 14.3 Å². The molecule has 2 rings (SSSR count). The van der Waals surface area contributed by atoms with Crippen molar-refractivity contribution in [1.29, 1.82) is 0 Å². The first-order valence-corrected chi connectivity index (χ1v) is 5.30. The van der Waals surface area contributed by atoms with Gasteiger partial charge in [-0.2, -0.15) is 0 Å². The van der Waals surface area contributed by atoms with Crippen LogP contribution in [-0.4, -0.2) is 38.4 Å². The molecule has 0 aromatic heterocycles. The third kappa shape index (κ3) is 2.69. The molecule has 2 fully saturated rings. The molecule has 1 atom stereocenters. The Hall–Kier alpha value is -0.610. The lowest BCUT2D eigenvalue weighted by molar-refractivity contribution is -0.127. The molecule has 0 saturated carbocycles. The van der Waals surface area contributed by atoms with Gasteiger partial charge in [-0.05, 0) is 12.8 Å². The second-order valence-corrected chi connectivity index (χ2v) is 4.05. The normalized spacial score (nSPS) is 27.3. The van der Waals surface area contributed by atoms with E-state index in [4.69, 9.17) is 9.47 Å². The summed E-state index contributed by atoms with van der Waals surface area (Å²) in [7, 11) is 0. The van der Waals surface area contributed by atoms with E-state index in [2.05, 4.69) is 5.32 Å². The Bertz CT molecular complexity index is 198. The van der Waals surface area contributed by atoms with Gasteiger partial charge in [-0.1, -0.05) is 0 Å². The standard InChI is InChI=1S/C10H17NO3/c12-10(4-8-6-13-7-8)11-5-9-2-1-3-14-9/h8-9H,1-7H2,(H,11,12). The molecule has 2 aliphatic rings. The Labute approximate surface area is 84.0 Å². The highest BCUT2D eigenvalue weighted by Gasteiger charge is 2.22. The molecule has 0 bridgehead atoms. The SMILES string of the molecule is O=C(CC1COC1)NCC1CCCO1. The number of carbonyl (C=O) groups is 1. The zero-order valence-corrected chi connectivity index (χ0v) is 8.33. The molecule has 1 N–H and O–H groups in total. The number of hydrogen-bond donors (Lipinski definition) is 1. The van der Waals surface area contributed by atoms with E-state index >= 15 is 0 Å². The first-order chi connectivity index (χ1) is 6.84. The summed E-state index contributed by atoms with van der Waals surface area (Å²) in [5, 5.41) is 2.90. The molecule has 14 heavy (non-hydrogen) atoms. The number of carbonyl (C=O) groups excluding carboxylic acids is 1. The fraction of sp³-hybridized carbons (Fsp3) is 0.900. The summed E-state index contributed by atoms with van der Waals surface area (Å²) in [4.78, 5) is 11.4. The van der Waals surface area contributed by atoms with E-state index in [0.717, 1.165) is 32.7 Å². The molecule has 0 aromatic carbocycles. The fourth-order valence-electron chi connectivity index (χ4n) is 1.77. The van der Waals surface area contributed by atoms with Gasteiger partial charge in [0.15, 0.2) is 0 Å². The van der Waals surface area contributed by atoms with Gasteiger partial charge in [-0.3, -0.25) is 4.79 Å². The summed E-state index contributed by atoms with van der Waals surface area (Å²) in [6, 6.07) is 0. The van der Waals surface area contributed by atoms with Gasteiger partial charge in [0, 0.05) is 25.5 Å². The summed E-state index contributed by atoms with van der Waals surface area (Å²) in [6.07, 6.45) is 3.05. The van der Waals surface area contributed by atoms with Crippen molar-refractivity contribution in [3.05, 3.63) is 0 Å². The van der Waals surface area contributed by atoms with Crippen LogP contribution in [0.5, 0.6) is 0 Å². The van der Waals surface area contributed by atoms with Crippen LogP contribution in [0.25, 0.3) is 0 Å². The molecule has 2 aliphatic heterocycles. The zero-order chi connectivity index (χ0) is 9.80. The molecule has 80 valence electrons. The molecule has 1 amide bonds. The van der Waals surface area contributed by atoms with Gasteiger partial charge < -0.3 is 14.8 Å². The Morgan fingerprint density at radius 1 is 1.43 bits per heavy atom. The monoisotopic (exact) mass is 199 g/mol. The minimum absolute atomic E-state index is 0.133. The van der Waals surface area contributed by atoms with Crippen LogP contribution in [0.3, 0.4) is 0 Å². The lowest BCUT2D eigenvalue weighted by Gasteiger charge is -2.25. The molecule has 0 spiro atoms. The van der Waals surface area contributed by atoms with Crippen molar-refractivity contribution >= 4 is 5.91 Å². The number of rotatable bonds is 4. The second-order valence-electron chi connectivity index (χ2n) is 4.05. The molecule has 2 heterocycles.